The summed E-state index contributed by atoms with van der Waals surface area (Å²) in [5.41, 5.74) is 1.25. The fourth-order valence-electron chi connectivity index (χ4n) is 2.44. The number of piperidine rings is 1. The predicted molar refractivity (Wildman–Crippen MR) is 70.6 cm³/mol. The Balaban J connectivity index is 1.72. The number of hydrogen-bond donors (Lipinski definition) is 0. The molecule has 96 valence electrons. The summed E-state index contributed by atoms with van der Waals surface area (Å²) in [6.45, 7) is 1.12. The third-order valence-corrected chi connectivity index (χ3v) is 4.21. The summed E-state index contributed by atoms with van der Waals surface area (Å²) in [6, 6.07) is 2.41. The van der Waals surface area contributed by atoms with Gasteiger partial charge in [-0.3, -0.25) is 4.90 Å². The van der Waals surface area contributed by atoms with Crippen molar-refractivity contribution in [2.75, 3.05) is 13.6 Å². The van der Waals surface area contributed by atoms with Gasteiger partial charge in [-0.25, -0.2) is 0 Å². The zero-order valence-electron chi connectivity index (χ0n) is 10.5. The molecule has 1 aliphatic rings. The molecule has 2 aromatic heterocycles. The second-order valence-electron chi connectivity index (χ2n) is 4.85. The predicted octanol–water partition coefficient (Wildman–Crippen LogP) is 2.88. The monoisotopic (exact) mass is 263 g/mol. The van der Waals surface area contributed by atoms with Crippen molar-refractivity contribution in [1.82, 2.24) is 15.0 Å². The van der Waals surface area contributed by atoms with E-state index in [2.05, 4.69) is 38.9 Å². The van der Waals surface area contributed by atoms with Gasteiger partial charge in [0.05, 0.1) is 6.04 Å². The molecule has 0 unspecified atom stereocenters. The Hall–Kier alpha value is -1.20. The number of thiophene rings is 1. The van der Waals surface area contributed by atoms with E-state index in [-0.39, 0.29) is 0 Å². The van der Waals surface area contributed by atoms with E-state index in [1.54, 1.807) is 11.3 Å². The first-order valence-electron chi connectivity index (χ1n) is 6.37. The van der Waals surface area contributed by atoms with E-state index in [0.717, 1.165) is 31.1 Å². The molecule has 5 heteroatoms. The Morgan fingerprint density at radius 3 is 3.22 bits per heavy atom. The summed E-state index contributed by atoms with van der Waals surface area (Å²) in [5, 5.41) is 8.29. The standard InChI is InChI=1S/C13H17N3OS/c1-16-6-3-2-4-11(16)13-14-12(15-17-13)8-10-5-7-18-9-10/h5,7,9,11H,2-4,6,8H2,1H3/t11-/m0/s1. The molecule has 0 aromatic carbocycles. The highest BCUT2D eigenvalue weighted by molar-refractivity contribution is 7.07. The van der Waals surface area contributed by atoms with E-state index >= 15 is 0 Å². The van der Waals surface area contributed by atoms with Crippen molar-refractivity contribution in [3.8, 4) is 0 Å². The SMILES string of the molecule is CN1CCCC[C@H]1c1nc(Cc2ccsc2)no1. The van der Waals surface area contributed by atoms with Gasteiger partial charge in [-0.05, 0) is 48.8 Å². The average molecular weight is 263 g/mol. The average Bonchev–Trinajstić information content (AvgIpc) is 3.02. The maximum Gasteiger partial charge on any atom is 0.243 e. The first kappa shape index (κ1) is 11.9. The van der Waals surface area contributed by atoms with Crippen molar-refractivity contribution in [1.29, 1.82) is 0 Å². The first-order chi connectivity index (χ1) is 8.83. The third kappa shape index (κ3) is 2.47. The van der Waals surface area contributed by atoms with Crippen LogP contribution in [-0.2, 0) is 6.42 Å². The molecule has 0 amide bonds. The van der Waals surface area contributed by atoms with Crippen LogP contribution in [0.15, 0.2) is 21.3 Å². The van der Waals surface area contributed by atoms with Gasteiger partial charge in [0.1, 0.15) is 0 Å². The summed E-state index contributed by atoms with van der Waals surface area (Å²) in [5.74, 6) is 1.57. The molecule has 18 heavy (non-hydrogen) atoms. The van der Waals surface area contributed by atoms with E-state index < -0.39 is 0 Å². The maximum atomic E-state index is 5.42. The van der Waals surface area contributed by atoms with E-state index in [9.17, 15) is 0 Å². The van der Waals surface area contributed by atoms with Crippen LogP contribution in [0.5, 0.6) is 0 Å². The highest BCUT2D eigenvalue weighted by Crippen LogP contribution is 2.28. The highest BCUT2D eigenvalue weighted by atomic mass is 32.1. The van der Waals surface area contributed by atoms with E-state index in [1.165, 1.54) is 18.4 Å². The van der Waals surface area contributed by atoms with Crippen molar-refractivity contribution in [3.63, 3.8) is 0 Å². The molecule has 0 saturated carbocycles. The van der Waals surface area contributed by atoms with Crippen LogP contribution in [0, 0.1) is 0 Å². The van der Waals surface area contributed by atoms with Gasteiger partial charge >= 0.3 is 0 Å². The molecular weight excluding hydrogens is 246 g/mol. The lowest BCUT2D eigenvalue weighted by Gasteiger charge is -2.29. The molecular formula is C13H17N3OS. The second-order valence-corrected chi connectivity index (χ2v) is 5.63. The lowest BCUT2D eigenvalue weighted by atomic mass is 10.0. The molecule has 1 aliphatic heterocycles. The Morgan fingerprint density at radius 2 is 2.44 bits per heavy atom. The maximum absolute atomic E-state index is 5.42. The van der Waals surface area contributed by atoms with Crippen molar-refractivity contribution < 1.29 is 4.52 Å². The van der Waals surface area contributed by atoms with Crippen LogP contribution in [0.4, 0.5) is 0 Å². The summed E-state index contributed by atoms with van der Waals surface area (Å²) in [7, 11) is 2.13. The van der Waals surface area contributed by atoms with Crippen molar-refractivity contribution in [2.24, 2.45) is 0 Å². The van der Waals surface area contributed by atoms with Gasteiger partial charge in [0.25, 0.3) is 0 Å². The largest absolute Gasteiger partial charge is 0.338 e. The van der Waals surface area contributed by atoms with Gasteiger partial charge in [0.15, 0.2) is 5.82 Å². The van der Waals surface area contributed by atoms with Crippen LogP contribution in [0.25, 0.3) is 0 Å². The highest BCUT2D eigenvalue weighted by Gasteiger charge is 2.25. The Bertz CT molecular complexity index is 494. The molecule has 3 rings (SSSR count). The molecule has 3 heterocycles. The van der Waals surface area contributed by atoms with Crippen molar-refractivity contribution >= 4 is 11.3 Å². The Kier molecular flexibility index (Phi) is 3.43. The molecule has 0 radical (unpaired) electrons. The van der Waals surface area contributed by atoms with E-state index in [0.29, 0.717) is 6.04 Å². The zero-order chi connectivity index (χ0) is 12.4. The third-order valence-electron chi connectivity index (χ3n) is 3.48. The summed E-state index contributed by atoms with van der Waals surface area (Å²) < 4.78 is 5.42. The topological polar surface area (TPSA) is 42.2 Å². The molecule has 0 spiro atoms. The van der Waals surface area contributed by atoms with Crippen LogP contribution >= 0.6 is 11.3 Å². The first-order valence-corrected chi connectivity index (χ1v) is 7.31. The molecule has 0 N–H and O–H groups in total. The smallest absolute Gasteiger partial charge is 0.243 e. The number of nitrogens with zero attached hydrogens (tertiary/aromatic N) is 3. The summed E-state index contributed by atoms with van der Waals surface area (Å²) in [4.78, 5) is 6.86. The number of aromatic nitrogens is 2. The molecule has 1 fully saturated rings. The fourth-order valence-corrected chi connectivity index (χ4v) is 3.11. The van der Waals surface area contributed by atoms with Crippen LogP contribution in [0.2, 0.25) is 0 Å². The lowest BCUT2D eigenvalue weighted by molar-refractivity contribution is 0.150. The molecule has 1 saturated heterocycles. The minimum absolute atomic E-state index is 0.308. The number of rotatable bonds is 3. The number of hydrogen-bond acceptors (Lipinski definition) is 5. The van der Waals surface area contributed by atoms with Gasteiger partial charge in [0, 0.05) is 6.42 Å². The fraction of sp³-hybridized carbons (Fsp3) is 0.538. The molecule has 4 nitrogen and oxygen atoms in total. The van der Waals surface area contributed by atoms with E-state index in [1.807, 2.05) is 0 Å². The van der Waals surface area contributed by atoms with Crippen LogP contribution in [0.3, 0.4) is 0 Å². The number of likely N-dealkylation sites (tertiary alicyclic amines) is 1. The quantitative estimate of drug-likeness (QED) is 0.854. The molecule has 0 bridgehead atoms. The van der Waals surface area contributed by atoms with E-state index in [4.69, 9.17) is 4.52 Å². The zero-order valence-corrected chi connectivity index (χ0v) is 11.3. The van der Waals surface area contributed by atoms with Crippen molar-refractivity contribution in [3.05, 3.63) is 34.1 Å². The van der Waals surface area contributed by atoms with Gasteiger partial charge in [-0.2, -0.15) is 16.3 Å². The van der Waals surface area contributed by atoms with Crippen LogP contribution in [-0.4, -0.2) is 28.6 Å². The van der Waals surface area contributed by atoms with Gasteiger partial charge in [-0.1, -0.05) is 11.6 Å². The van der Waals surface area contributed by atoms with Gasteiger partial charge in [-0.15, -0.1) is 0 Å². The molecule has 0 aliphatic carbocycles. The van der Waals surface area contributed by atoms with Gasteiger partial charge in [0.2, 0.25) is 5.89 Å². The van der Waals surface area contributed by atoms with Gasteiger partial charge < -0.3 is 4.52 Å². The second kappa shape index (κ2) is 5.20. The normalized spacial score (nSPS) is 21.3. The van der Waals surface area contributed by atoms with Crippen LogP contribution < -0.4 is 0 Å². The van der Waals surface area contributed by atoms with Crippen LogP contribution in [0.1, 0.15) is 42.6 Å². The molecule has 1 atom stereocenters. The Labute approximate surface area is 111 Å². The summed E-state index contributed by atoms with van der Waals surface area (Å²) in [6.07, 6.45) is 4.40. The lowest BCUT2D eigenvalue weighted by Crippen LogP contribution is -2.29. The molecule has 2 aromatic rings. The summed E-state index contributed by atoms with van der Waals surface area (Å²) >= 11 is 1.70. The van der Waals surface area contributed by atoms with Crippen molar-refractivity contribution in [2.45, 2.75) is 31.7 Å². The minimum Gasteiger partial charge on any atom is -0.338 e. The minimum atomic E-state index is 0.308. The Morgan fingerprint density at radius 1 is 1.50 bits per heavy atom.